The molecule has 0 saturated carbocycles. The van der Waals surface area contributed by atoms with Gasteiger partial charge in [0, 0.05) is 36.2 Å². The van der Waals surface area contributed by atoms with Crippen LogP contribution in [0.4, 0.5) is 28.4 Å². The van der Waals surface area contributed by atoms with Crippen LogP contribution >= 0.6 is 0 Å². The number of aliphatic imine (C=N–C) groups is 1. The summed E-state index contributed by atoms with van der Waals surface area (Å²) in [6, 6.07) is 23.1. The van der Waals surface area contributed by atoms with Crippen molar-refractivity contribution in [2.24, 2.45) is 4.99 Å². The van der Waals surface area contributed by atoms with Gasteiger partial charge in [0.05, 0.1) is 47.9 Å². The second-order valence-electron chi connectivity index (χ2n) is 10.3. The Morgan fingerprint density at radius 3 is 1.73 bits per heavy atom. The van der Waals surface area contributed by atoms with Gasteiger partial charge in [0.25, 0.3) is 0 Å². The molecule has 3 aliphatic rings. The van der Waals surface area contributed by atoms with Crippen molar-refractivity contribution in [3.8, 4) is 28.4 Å². The van der Waals surface area contributed by atoms with Gasteiger partial charge in [0.2, 0.25) is 0 Å². The van der Waals surface area contributed by atoms with Crippen molar-refractivity contribution in [3.05, 3.63) is 116 Å². The van der Waals surface area contributed by atoms with E-state index in [0.29, 0.717) is 18.0 Å². The van der Waals surface area contributed by atoms with Gasteiger partial charge < -0.3 is 19.3 Å². The normalized spacial score (nSPS) is 18.2. The van der Waals surface area contributed by atoms with Gasteiger partial charge in [-0.2, -0.15) is 0 Å². The van der Waals surface area contributed by atoms with Crippen molar-refractivity contribution in [3.63, 3.8) is 0 Å². The van der Waals surface area contributed by atoms with Gasteiger partial charge in [0.1, 0.15) is 0 Å². The van der Waals surface area contributed by atoms with E-state index in [1.165, 1.54) is 0 Å². The minimum Gasteiger partial charge on any atom is -0.476 e. The molecule has 0 aliphatic carbocycles. The molecule has 1 atom stereocenters. The second kappa shape index (κ2) is 9.02. The lowest BCUT2D eigenvalue weighted by Gasteiger charge is -2.45. The van der Waals surface area contributed by atoms with Gasteiger partial charge in [-0.05, 0) is 66.6 Å². The van der Waals surface area contributed by atoms with Crippen LogP contribution in [0.25, 0.3) is 11.1 Å². The third-order valence-corrected chi connectivity index (χ3v) is 7.66. The number of rotatable bonds is 3. The molecule has 0 spiro atoms. The van der Waals surface area contributed by atoms with Crippen LogP contribution in [0.15, 0.2) is 121 Å². The lowest BCUT2D eigenvalue weighted by Crippen LogP contribution is -2.48. The Labute approximate surface area is 236 Å². The number of pyridine rings is 3. The number of hydrogen-bond donors (Lipinski definition) is 0. The Balaban J connectivity index is 1.13. The Morgan fingerprint density at radius 2 is 1.15 bits per heavy atom. The number of allylic oxidation sites excluding steroid dienone is 1. The van der Waals surface area contributed by atoms with Crippen LogP contribution < -0.4 is 19.3 Å². The van der Waals surface area contributed by atoms with Gasteiger partial charge in [0.15, 0.2) is 22.8 Å². The summed E-state index contributed by atoms with van der Waals surface area (Å²) in [6.07, 6.45) is 14.5. The highest BCUT2D eigenvalue weighted by molar-refractivity contribution is 5.87. The first-order valence-corrected chi connectivity index (χ1v) is 13.4. The molecule has 41 heavy (non-hydrogen) atoms. The molecule has 8 rings (SSSR count). The number of dihydropyridines is 1. The number of anilines is 5. The molecule has 8 nitrogen and oxygen atoms in total. The zero-order valence-electron chi connectivity index (χ0n) is 22.2. The van der Waals surface area contributed by atoms with Crippen LogP contribution in [0.1, 0.15) is 6.92 Å². The zero-order chi connectivity index (χ0) is 27.4. The summed E-state index contributed by atoms with van der Waals surface area (Å²) in [6.45, 7) is 2.63. The molecule has 0 radical (unpaired) electrons. The highest BCUT2D eigenvalue weighted by atomic mass is 16.5. The number of fused-ring (bicyclic) bond motifs is 4. The monoisotopic (exact) mass is 536 g/mol. The summed E-state index contributed by atoms with van der Waals surface area (Å²) < 4.78 is 12.4. The molecule has 0 bridgehead atoms. The fraction of sp³-hybridized carbons (Fsp3) is 0.0909. The number of nitrogens with zero attached hydrogens (tertiary/aromatic N) is 6. The van der Waals surface area contributed by atoms with E-state index in [4.69, 9.17) is 9.47 Å². The van der Waals surface area contributed by atoms with E-state index in [2.05, 4.69) is 85.2 Å². The van der Waals surface area contributed by atoms with E-state index in [-0.39, 0.29) is 0 Å². The van der Waals surface area contributed by atoms with E-state index in [1.54, 1.807) is 37.2 Å². The van der Waals surface area contributed by atoms with Crippen LogP contribution in [0.3, 0.4) is 0 Å². The molecule has 0 saturated heterocycles. The van der Waals surface area contributed by atoms with E-state index in [0.717, 1.165) is 51.0 Å². The van der Waals surface area contributed by atoms with E-state index in [1.807, 2.05) is 30.5 Å². The lowest BCUT2D eigenvalue weighted by atomic mass is 9.94. The summed E-state index contributed by atoms with van der Waals surface area (Å²) in [5.74, 6) is 2.15. The fourth-order valence-electron chi connectivity index (χ4n) is 5.69. The first kappa shape index (κ1) is 23.4. The maximum absolute atomic E-state index is 6.37. The third-order valence-electron chi connectivity index (χ3n) is 7.66. The Morgan fingerprint density at radius 1 is 0.634 bits per heavy atom. The number of benzene rings is 2. The maximum Gasteiger partial charge on any atom is 0.169 e. The van der Waals surface area contributed by atoms with Crippen molar-refractivity contribution in [1.82, 2.24) is 15.0 Å². The Kier molecular flexibility index (Phi) is 5.15. The first-order chi connectivity index (χ1) is 20.2. The summed E-state index contributed by atoms with van der Waals surface area (Å²) in [5.41, 5.74) is 7.67. The Hall–Kier alpha value is -5.50. The highest BCUT2D eigenvalue weighted by Gasteiger charge is 2.42. The largest absolute Gasteiger partial charge is 0.476 e. The molecule has 3 aliphatic heterocycles. The minimum atomic E-state index is -0.553. The third kappa shape index (κ3) is 3.76. The minimum absolute atomic E-state index is 0.553. The molecular weight excluding hydrogens is 512 g/mol. The molecule has 2 aromatic carbocycles. The van der Waals surface area contributed by atoms with Crippen LogP contribution in [0.5, 0.6) is 17.2 Å². The summed E-state index contributed by atoms with van der Waals surface area (Å²) in [4.78, 5) is 21.6. The van der Waals surface area contributed by atoms with Gasteiger partial charge >= 0.3 is 0 Å². The second-order valence-corrected chi connectivity index (χ2v) is 10.3. The first-order valence-electron chi connectivity index (χ1n) is 13.4. The van der Waals surface area contributed by atoms with Crippen LogP contribution in [0.2, 0.25) is 0 Å². The summed E-state index contributed by atoms with van der Waals surface area (Å²) in [7, 11) is 0. The molecular formula is C33H24N6O2. The molecule has 3 aromatic heterocycles. The van der Waals surface area contributed by atoms with Crippen molar-refractivity contribution >= 4 is 34.7 Å². The fourth-order valence-corrected chi connectivity index (χ4v) is 5.69. The molecule has 1 unspecified atom stereocenters. The zero-order valence-corrected chi connectivity index (χ0v) is 22.2. The number of ether oxygens (including phenoxy) is 2. The molecule has 0 amide bonds. The average molecular weight is 537 g/mol. The lowest BCUT2D eigenvalue weighted by molar-refractivity contribution is 0.126. The summed E-state index contributed by atoms with van der Waals surface area (Å²) in [5, 5.41) is 0. The van der Waals surface area contributed by atoms with E-state index < -0.39 is 5.60 Å². The molecule has 198 valence electrons. The number of aromatic nitrogens is 3. The van der Waals surface area contributed by atoms with Gasteiger partial charge in [-0.3, -0.25) is 19.9 Å². The van der Waals surface area contributed by atoms with Crippen molar-refractivity contribution in [2.45, 2.75) is 12.5 Å². The Bertz CT molecular complexity index is 1810. The molecule has 6 heterocycles. The maximum atomic E-state index is 6.37. The summed E-state index contributed by atoms with van der Waals surface area (Å²) >= 11 is 0. The smallest absolute Gasteiger partial charge is 0.169 e. The van der Waals surface area contributed by atoms with Gasteiger partial charge in [-0.1, -0.05) is 24.3 Å². The standard InChI is InChI=1S/C33H24N6O2/c1-33-21-37-17-13-32(33)39(28-12-16-36-20-31(28)41-33)25-8-4-23(5-9-25)22-2-6-24(7-3-22)38-26-10-14-34-18-29(26)40-30-19-35-15-11-27(30)38/h2-20H,21H2,1H3. The quantitative estimate of drug-likeness (QED) is 0.234. The molecule has 0 N–H and O–H groups in total. The van der Waals surface area contributed by atoms with Crippen LogP contribution in [0, 0.1) is 0 Å². The van der Waals surface area contributed by atoms with E-state index >= 15 is 0 Å². The van der Waals surface area contributed by atoms with Gasteiger partial charge in [-0.25, -0.2) is 0 Å². The molecule has 0 fully saturated rings. The van der Waals surface area contributed by atoms with Gasteiger partial charge in [-0.15, -0.1) is 0 Å². The highest BCUT2D eigenvalue weighted by Crippen LogP contribution is 2.50. The predicted molar refractivity (Wildman–Crippen MR) is 159 cm³/mol. The average Bonchev–Trinajstić information content (AvgIpc) is 3.02. The van der Waals surface area contributed by atoms with E-state index in [9.17, 15) is 0 Å². The van der Waals surface area contributed by atoms with Crippen LogP contribution in [-0.4, -0.2) is 33.3 Å². The SMILES string of the molecule is CC12CN=CC=C1N(c1ccc(-c3ccc(N4c5ccncc5Oc5cnccc54)cc3)cc1)c1ccncc1O2. The van der Waals surface area contributed by atoms with Crippen LogP contribution in [-0.2, 0) is 0 Å². The predicted octanol–water partition coefficient (Wildman–Crippen LogP) is 7.37. The molecule has 5 aromatic rings. The van der Waals surface area contributed by atoms with Crippen molar-refractivity contribution < 1.29 is 9.47 Å². The van der Waals surface area contributed by atoms with Crippen molar-refractivity contribution in [1.29, 1.82) is 0 Å². The van der Waals surface area contributed by atoms with Crippen molar-refractivity contribution in [2.75, 3.05) is 16.3 Å². The number of hydrogen-bond acceptors (Lipinski definition) is 8. The topological polar surface area (TPSA) is 76.0 Å². The molecule has 8 heteroatoms.